The molecule has 0 aromatic rings. The molecule has 4 N–H and O–H groups in total. The van der Waals surface area contributed by atoms with Crippen molar-refractivity contribution in [3.63, 3.8) is 0 Å². The van der Waals surface area contributed by atoms with Crippen molar-refractivity contribution in [1.82, 2.24) is 5.32 Å². The van der Waals surface area contributed by atoms with Crippen LogP contribution in [0.4, 0.5) is 0 Å². The fraction of sp³-hybridized carbons (Fsp3) is 0.900. The van der Waals surface area contributed by atoms with Crippen molar-refractivity contribution in [2.75, 3.05) is 6.54 Å². The fourth-order valence-corrected chi connectivity index (χ4v) is 1.27. The van der Waals surface area contributed by atoms with E-state index in [1.807, 2.05) is 13.8 Å². The topological polar surface area (TPSA) is 75.4 Å². The quantitative estimate of drug-likeness (QED) is 0.578. The van der Waals surface area contributed by atoms with E-state index in [1.165, 1.54) is 0 Å². The summed E-state index contributed by atoms with van der Waals surface area (Å²) in [7, 11) is 0. The maximum absolute atomic E-state index is 11.4. The summed E-state index contributed by atoms with van der Waals surface area (Å²) < 4.78 is 0. The van der Waals surface area contributed by atoms with Crippen molar-refractivity contribution in [2.45, 2.75) is 38.8 Å². The molecule has 4 heteroatoms. The summed E-state index contributed by atoms with van der Waals surface area (Å²) in [6, 6.07) is -0.471. The third-order valence-corrected chi connectivity index (χ3v) is 2.67. The van der Waals surface area contributed by atoms with Crippen molar-refractivity contribution in [3.8, 4) is 0 Å². The molecule has 0 radical (unpaired) electrons. The molecule has 2 atom stereocenters. The van der Waals surface area contributed by atoms with Gasteiger partial charge in [0.25, 0.3) is 0 Å². The van der Waals surface area contributed by atoms with E-state index >= 15 is 0 Å². The molecule has 1 aliphatic carbocycles. The molecule has 1 saturated carbocycles. The van der Waals surface area contributed by atoms with Gasteiger partial charge in [-0.1, -0.05) is 13.8 Å². The van der Waals surface area contributed by atoms with E-state index < -0.39 is 12.1 Å². The maximum Gasteiger partial charge on any atom is 0.237 e. The summed E-state index contributed by atoms with van der Waals surface area (Å²) in [6.07, 6.45) is 1.76. The molecule has 4 nitrogen and oxygen atoms in total. The fourth-order valence-electron chi connectivity index (χ4n) is 1.27. The van der Waals surface area contributed by atoms with Gasteiger partial charge in [-0.05, 0) is 24.7 Å². The number of nitrogens with one attached hydrogen (secondary N) is 1. The van der Waals surface area contributed by atoms with E-state index in [0.29, 0.717) is 12.5 Å². The van der Waals surface area contributed by atoms with Crippen molar-refractivity contribution in [2.24, 2.45) is 17.6 Å². The lowest BCUT2D eigenvalue weighted by molar-refractivity contribution is -0.123. The van der Waals surface area contributed by atoms with Crippen molar-refractivity contribution in [1.29, 1.82) is 0 Å². The van der Waals surface area contributed by atoms with Gasteiger partial charge >= 0.3 is 0 Å². The molecule has 0 aromatic carbocycles. The molecule has 14 heavy (non-hydrogen) atoms. The molecule has 1 unspecified atom stereocenters. The second-order valence-corrected chi connectivity index (χ2v) is 4.42. The minimum atomic E-state index is -0.471. The van der Waals surface area contributed by atoms with Gasteiger partial charge in [0.15, 0.2) is 0 Å². The Morgan fingerprint density at radius 1 is 1.57 bits per heavy atom. The minimum absolute atomic E-state index is 0.132. The predicted octanol–water partition coefficient (Wildman–Crippen LogP) is -0.143. The zero-order valence-corrected chi connectivity index (χ0v) is 8.86. The molecular weight excluding hydrogens is 180 g/mol. The van der Waals surface area contributed by atoms with Gasteiger partial charge in [0.05, 0.1) is 12.1 Å². The predicted molar refractivity (Wildman–Crippen MR) is 54.6 cm³/mol. The van der Waals surface area contributed by atoms with Gasteiger partial charge in [0, 0.05) is 6.54 Å². The van der Waals surface area contributed by atoms with Crippen LogP contribution in [0.1, 0.15) is 26.7 Å². The minimum Gasteiger partial charge on any atom is -0.391 e. The Morgan fingerprint density at radius 3 is 2.57 bits per heavy atom. The lowest BCUT2D eigenvalue weighted by atomic mass is 10.0. The van der Waals surface area contributed by atoms with Crippen LogP contribution in [0.25, 0.3) is 0 Å². The molecule has 0 heterocycles. The molecule has 1 rings (SSSR count). The average molecular weight is 200 g/mol. The Balaban J connectivity index is 2.19. The van der Waals surface area contributed by atoms with Crippen LogP contribution in [0.3, 0.4) is 0 Å². The van der Waals surface area contributed by atoms with Crippen LogP contribution in [-0.4, -0.2) is 29.7 Å². The summed E-state index contributed by atoms with van der Waals surface area (Å²) in [4.78, 5) is 11.4. The largest absolute Gasteiger partial charge is 0.391 e. The molecule has 0 bridgehead atoms. The Hall–Kier alpha value is -0.610. The highest BCUT2D eigenvalue weighted by Gasteiger charge is 2.30. The molecule has 0 saturated heterocycles. The van der Waals surface area contributed by atoms with Crippen molar-refractivity contribution < 1.29 is 9.90 Å². The van der Waals surface area contributed by atoms with Crippen LogP contribution in [0.15, 0.2) is 0 Å². The lowest BCUT2D eigenvalue weighted by Crippen LogP contribution is -2.46. The van der Waals surface area contributed by atoms with Crippen LogP contribution in [-0.2, 0) is 4.79 Å². The molecule has 1 fully saturated rings. The van der Waals surface area contributed by atoms with Gasteiger partial charge in [-0.3, -0.25) is 4.79 Å². The molecular formula is C10H20N2O2. The van der Waals surface area contributed by atoms with Crippen LogP contribution in [0, 0.1) is 11.8 Å². The van der Waals surface area contributed by atoms with Crippen molar-refractivity contribution in [3.05, 3.63) is 0 Å². The molecule has 1 aliphatic rings. The Bertz CT molecular complexity index is 202. The van der Waals surface area contributed by atoms with E-state index in [1.54, 1.807) is 0 Å². The Labute approximate surface area is 84.9 Å². The van der Waals surface area contributed by atoms with E-state index in [0.717, 1.165) is 12.8 Å². The van der Waals surface area contributed by atoms with Crippen LogP contribution < -0.4 is 11.1 Å². The van der Waals surface area contributed by atoms with E-state index in [2.05, 4.69) is 5.32 Å². The SMILES string of the molecule is CC(C)[C@@H](N)C(=O)NCC(O)C1CC1. The Morgan fingerprint density at radius 2 is 2.14 bits per heavy atom. The molecule has 1 amide bonds. The van der Waals surface area contributed by atoms with Gasteiger partial charge in [-0.2, -0.15) is 0 Å². The third-order valence-electron chi connectivity index (χ3n) is 2.67. The third kappa shape index (κ3) is 3.27. The molecule has 0 aromatic heterocycles. The summed E-state index contributed by atoms with van der Waals surface area (Å²) in [5.74, 6) is 0.360. The average Bonchev–Trinajstić information content (AvgIpc) is 2.95. The van der Waals surface area contributed by atoms with Gasteiger partial charge in [-0.25, -0.2) is 0 Å². The number of carbonyl (C=O) groups excluding carboxylic acids is 1. The number of rotatable bonds is 5. The zero-order valence-electron chi connectivity index (χ0n) is 8.86. The van der Waals surface area contributed by atoms with Crippen LogP contribution in [0.5, 0.6) is 0 Å². The van der Waals surface area contributed by atoms with Gasteiger partial charge in [-0.15, -0.1) is 0 Å². The zero-order chi connectivity index (χ0) is 10.7. The highest BCUT2D eigenvalue weighted by Crippen LogP contribution is 2.32. The number of hydrogen-bond acceptors (Lipinski definition) is 3. The van der Waals surface area contributed by atoms with Gasteiger partial charge in [0.2, 0.25) is 5.91 Å². The van der Waals surface area contributed by atoms with Crippen LogP contribution >= 0.6 is 0 Å². The van der Waals surface area contributed by atoms with E-state index in [9.17, 15) is 9.90 Å². The summed E-state index contributed by atoms with van der Waals surface area (Å²) in [6.45, 7) is 4.15. The number of aliphatic hydroxyl groups excluding tert-OH is 1. The van der Waals surface area contributed by atoms with Gasteiger partial charge < -0.3 is 16.2 Å². The van der Waals surface area contributed by atoms with E-state index in [4.69, 9.17) is 5.73 Å². The van der Waals surface area contributed by atoms with E-state index in [-0.39, 0.29) is 11.8 Å². The Kier molecular flexibility index (Phi) is 3.89. The monoisotopic (exact) mass is 200 g/mol. The van der Waals surface area contributed by atoms with Crippen LogP contribution in [0.2, 0.25) is 0 Å². The first-order chi connectivity index (χ1) is 6.52. The first-order valence-corrected chi connectivity index (χ1v) is 5.23. The first kappa shape index (κ1) is 11.5. The number of carbonyl (C=O) groups is 1. The molecule has 82 valence electrons. The molecule has 0 spiro atoms. The highest BCUT2D eigenvalue weighted by atomic mass is 16.3. The second-order valence-electron chi connectivity index (χ2n) is 4.42. The first-order valence-electron chi connectivity index (χ1n) is 5.23. The summed E-state index contributed by atoms with van der Waals surface area (Å²) >= 11 is 0. The van der Waals surface area contributed by atoms with Crippen molar-refractivity contribution >= 4 is 5.91 Å². The second kappa shape index (κ2) is 4.75. The maximum atomic E-state index is 11.4. The lowest BCUT2D eigenvalue weighted by Gasteiger charge is -2.17. The smallest absolute Gasteiger partial charge is 0.237 e. The van der Waals surface area contributed by atoms with Gasteiger partial charge in [0.1, 0.15) is 0 Å². The molecule has 0 aliphatic heterocycles. The number of aliphatic hydroxyl groups is 1. The normalized spacial score (nSPS) is 20.6. The standard InChI is InChI=1S/C10H20N2O2/c1-6(2)9(11)10(14)12-5-8(13)7-3-4-7/h6-9,13H,3-5,11H2,1-2H3,(H,12,14)/t8?,9-/m1/s1. The number of nitrogens with two attached hydrogens (primary N) is 1. The summed E-state index contributed by atoms with van der Waals surface area (Å²) in [5, 5.41) is 12.2. The summed E-state index contributed by atoms with van der Waals surface area (Å²) in [5.41, 5.74) is 5.64. The highest BCUT2D eigenvalue weighted by molar-refractivity contribution is 5.81. The number of hydrogen-bond donors (Lipinski definition) is 3. The number of amides is 1.